The fourth-order valence-corrected chi connectivity index (χ4v) is 1.57. The molecule has 0 radical (unpaired) electrons. The van der Waals surface area contributed by atoms with Gasteiger partial charge in [0.1, 0.15) is 0 Å². The molecule has 4 nitrogen and oxygen atoms in total. The summed E-state index contributed by atoms with van der Waals surface area (Å²) in [5.41, 5.74) is 2.08. The Kier molecular flexibility index (Phi) is 3.06. The van der Waals surface area contributed by atoms with Crippen LogP contribution in [0.15, 0.2) is 24.9 Å². The smallest absolute Gasteiger partial charge is 0.0953 e. The van der Waals surface area contributed by atoms with Crippen LogP contribution in [0.3, 0.4) is 0 Å². The second-order valence-corrected chi connectivity index (χ2v) is 3.64. The fraction of sp³-hybridized carbons (Fsp3) is 0.400. The SMILES string of the molecule is CCn1cc(Cn2cnc(CCl)c2)cn1. The average molecular weight is 225 g/mol. The van der Waals surface area contributed by atoms with E-state index >= 15 is 0 Å². The van der Waals surface area contributed by atoms with Crippen molar-refractivity contribution in [3.05, 3.63) is 36.2 Å². The van der Waals surface area contributed by atoms with Crippen molar-refractivity contribution >= 4 is 11.6 Å². The lowest BCUT2D eigenvalue weighted by Gasteiger charge is -1.97. The summed E-state index contributed by atoms with van der Waals surface area (Å²) in [6.07, 6.45) is 7.67. The first-order valence-electron chi connectivity index (χ1n) is 4.89. The molecule has 80 valence electrons. The van der Waals surface area contributed by atoms with Gasteiger partial charge in [0.2, 0.25) is 0 Å². The Hall–Kier alpha value is -1.29. The summed E-state index contributed by atoms with van der Waals surface area (Å²) in [5, 5.41) is 4.21. The van der Waals surface area contributed by atoms with Gasteiger partial charge >= 0.3 is 0 Å². The molecule has 2 heterocycles. The van der Waals surface area contributed by atoms with Crippen molar-refractivity contribution in [2.45, 2.75) is 25.9 Å². The summed E-state index contributed by atoms with van der Waals surface area (Å²) in [4.78, 5) is 4.16. The van der Waals surface area contributed by atoms with Crippen LogP contribution in [0.1, 0.15) is 18.2 Å². The molecule has 0 saturated carbocycles. The van der Waals surface area contributed by atoms with Gasteiger partial charge in [-0.05, 0) is 6.92 Å². The Balaban J connectivity index is 2.07. The third-order valence-corrected chi connectivity index (χ3v) is 2.47. The van der Waals surface area contributed by atoms with E-state index in [2.05, 4.69) is 17.0 Å². The Morgan fingerprint density at radius 3 is 2.87 bits per heavy atom. The maximum absolute atomic E-state index is 5.68. The highest BCUT2D eigenvalue weighted by Crippen LogP contribution is 2.04. The maximum Gasteiger partial charge on any atom is 0.0953 e. The molecular weight excluding hydrogens is 212 g/mol. The molecule has 0 N–H and O–H groups in total. The molecule has 0 aliphatic heterocycles. The maximum atomic E-state index is 5.68. The minimum absolute atomic E-state index is 0.460. The van der Waals surface area contributed by atoms with Gasteiger partial charge in [-0.1, -0.05) is 0 Å². The molecule has 0 aliphatic rings. The predicted molar refractivity (Wildman–Crippen MR) is 58.8 cm³/mol. The van der Waals surface area contributed by atoms with Crippen LogP contribution >= 0.6 is 11.6 Å². The van der Waals surface area contributed by atoms with Gasteiger partial charge in [-0.3, -0.25) is 4.68 Å². The van der Waals surface area contributed by atoms with Crippen molar-refractivity contribution < 1.29 is 0 Å². The van der Waals surface area contributed by atoms with Crippen LogP contribution < -0.4 is 0 Å². The van der Waals surface area contributed by atoms with Gasteiger partial charge in [-0.15, -0.1) is 11.6 Å². The van der Waals surface area contributed by atoms with E-state index in [9.17, 15) is 0 Å². The summed E-state index contributed by atoms with van der Waals surface area (Å²) in [6, 6.07) is 0. The van der Waals surface area contributed by atoms with E-state index in [1.54, 1.807) is 6.33 Å². The quantitative estimate of drug-likeness (QED) is 0.744. The molecule has 5 heteroatoms. The Labute approximate surface area is 93.5 Å². The number of nitrogens with zero attached hydrogens (tertiary/aromatic N) is 4. The summed E-state index contributed by atoms with van der Waals surface area (Å²) >= 11 is 5.68. The first-order valence-corrected chi connectivity index (χ1v) is 5.43. The van der Waals surface area contributed by atoms with Crippen LogP contribution in [0.5, 0.6) is 0 Å². The van der Waals surface area contributed by atoms with Gasteiger partial charge in [-0.2, -0.15) is 5.10 Å². The number of imidazole rings is 1. The van der Waals surface area contributed by atoms with E-state index in [0.29, 0.717) is 5.88 Å². The second kappa shape index (κ2) is 4.49. The summed E-state index contributed by atoms with van der Waals surface area (Å²) in [5.74, 6) is 0.460. The molecule has 0 aromatic carbocycles. The number of hydrogen-bond donors (Lipinski definition) is 0. The van der Waals surface area contributed by atoms with Crippen molar-refractivity contribution in [1.82, 2.24) is 19.3 Å². The highest BCUT2D eigenvalue weighted by Gasteiger charge is 2.00. The van der Waals surface area contributed by atoms with Crippen molar-refractivity contribution in [1.29, 1.82) is 0 Å². The van der Waals surface area contributed by atoms with E-state index in [1.807, 2.05) is 27.8 Å². The number of alkyl halides is 1. The normalized spacial score (nSPS) is 10.8. The third-order valence-electron chi connectivity index (χ3n) is 2.20. The number of aromatic nitrogens is 4. The summed E-state index contributed by atoms with van der Waals surface area (Å²) in [6.45, 7) is 3.76. The van der Waals surface area contributed by atoms with Gasteiger partial charge in [0.15, 0.2) is 0 Å². The molecule has 2 rings (SSSR count). The standard InChI is InChI=1S/C10H13ClN4/c1-2-15-6-9(4-13-15)5-14-7-10(3-11)12-8-14/h4,6-8H,2-3,5H2,1H3. The highest BCUT2D eigenvalue weighted by atomic mass is 35.5. The topological polar surface area (TPSA) is 35.6 Å². The Morgan fingerprint density at radius 1 is 1.40 bits per heavy atom. The number of aryl methyl sites for hydroxylation is 1. The molecule has 0 bridgehead atoms. The van der Waals surface area contributed by atoms with Crippen LogP contribution in [0, 0.1) is 0 Å². The summed E-state index contributed by atoms with van der Waals surface area (Å²) < 4.78 is 3.92. The van der Waals surface area contributed by atoms with Crippen LogP contribution in [0.25, 0.3) is 0 Å². The van der Waals surface area contributed by atoms with Crippen LogP contribution in [-0.2, 0) is 19.0 Å². The van der Waals surface area contributed by atoms with Gasteiger partial charge in [0.25, 0.3) is 0 Å². The molecule has 15 heavy (non-hydrogen) atoms. The lowest BCUT2D eigenvalue weighted by molar-refractivity contribution is 0.658. The Morgan fingerprint density at radius 2 is 2.27 bits per heavy atom. The van der Waals surface area contributed by atoms with Gasteiger partial charge in [0, 0.05) is 24.5 Å². The number of hydrogen-bond acceptors (Lipinski definition) is 2. The van der Waals surface area contributed by atoms with Crippen LogP contribution in [0.4, 0.5) is 0 Å². The highest BCUT2D eigenvalue weighted by molar-refractivity contribution is 6.16. The number of rotatable bonds is 4. The third kappa shape index (κ3) is 2.39. The zero-order chi connectivity index (χ0) is 10.7. The van der Waals surface area contributed by atoms with Crippen LogP contribution in [-0.4, -0.2) is 19.3 Å². The molecule has 0 atom stereocenters. The largest absolute Gasteiger partial charge is 0.333 e. The predicted octanol–water partition coefficient (Wildman–Crippen LogP) is 1.89. The molecule has 0 spiro atoms. The second-order valence-electron chi connectivity index (χ2n) is 3.38. The van der Waals surface area contributed by atoms with Crippen LogP contribution in [0.2, 0.25) is 0 Å². The molecule has 0 saturated heterocycles. The lowest BCUT2D eigenvalue weighted by atomic mass is 10.3. The molecule has 2 aromatic heterocycles. The fourth-order valence-electron chi connectivity index (χ4n) is 1.43. The van der Waals surface area contributed by atoms with E-state index in [4.69, 9.17) is 11.6 Å². The van der Waals surface area contributed by atoms with E-state index in [0.717, 1.165) is 18.8 Å². The number of halogens is 1. The lowest BCUT2D eigenvalue weighted by Crippen LogP contribution is -1.95. The van der Waals surface area contributed by atoms with E-state index in [1.165, 1.54) is 5.56 Å². The van der Waals surface area contributed by atoms with E-state index < -0.39 is 0 Å². The van der Waals surface area contributed by atoms with Crippen molar-refractivity contribution in [3.63, 3.8) is 0 Å². The molecular formula is C10H13ClN4. The van der Waals surface area contributed by atoms with Gasteiger partial charge in [0.05, 0.1) is 30.6 Å². The van der Waals surface area contributed by atoms with Gasteiger partial charge < -0.3 is 4.57 Å². The Bertz CT molecular complexity index is 392. The first kappa shape index (κ1) is 10.2. The molecule has 0 unspecified atom stereocenters. The monoisotopic (exact) mass is 224 g/mol. The van der Waals surface area contributed by atoms with Crippen molar-refractivity contribution in [2.75, 3.05) is 0 Å². The zero-order valence-corrected chi connectivity index (χ0v) is 9.35. The van der Waals surface area contributed by atoms with Gasteiger partial charge in [-0.25, -0.2) is 4.98 Å². The minimum Gasteiger partial charge on any atom is -0.333 e. The van der Waals surface area contributed by atoms with E-state index in [-0.39, 0.29) is 0 Å². The first-order chi connectivity index (χ1) is 7.31. The molecule has 0 fully saturated rings. The van der Waals surface area contributed by atoms with Crippen molar-refractivity contribution in [3.8, 4) is 0 Å². The minimum atomic E-state index is 0.460. The van der Waals surface area contributed by atoms with Crippen molar-refractivity contribution in [2.24, 2.45) is 0 Å². The average Bonchev–Trinajstić information content (AvgIpc) is 2.87. The molecule has 0 amide bonds. The summed E-state index contributed by atoms with van der Waals surface area (Å²) in [7, 11) is 0. The molecule has 0 aliphatic carbocycles. The molecule has 2 aromatic rings. The zero-order valence-electron chi connectivity index (χ0n) is 8.60.